The molecule has 0 nitrogen and oxygen atoms in total. The first-order chi connectivity index (χ1) is 21.9. The van der Waals surface area contributed by atoms with Gasteiger partial charge in [-0.2, -0.15) is 0 Å². The first-order valence-corrected chi connectivity index (χ1v) is 44.6. The molecule has 0 saturated carbocycles. The van der Waals surface area contributed by atoms with E-state index in [1.165, 1.54) is 11.1 Å². The average molecular weight is 812 g/mol. The molecule has 0 radical (unpaired) electrons. The van der Waals surface area contributed by atoms with Crippen molar-refractivity contribution in [2.45, 2.75) is 197 Å². The summed E-state index contributed by atoms with van der Waals surface area (Å²) in [4.78, 5) is 0. The van der Waals surface area contributed by atoms with Crippen molar-refractivity contribution in [2.75, 3.05) is 0 Å². The van der Waals surface area contributed by atoms with Crippen molar-refractivity contribution >= 4 is 69.4 Å². The second-order valence-corrected chi connectivity index (χ2v) is 87.5. The second-order valence-electron chi connectivity index (χ2n) is 22.5. The Labute approximate surface area is 322 Å². The van der Waals surface area contributed by atoms with Crippen molar-refractivity contribution in [3.63, 3.8) is 0 Å². The van der Waals surface area contributed by atoms with Crippen molar-refractivity contribution < 1.29 is 0 Å². The van der Waals surface area contributed by atoms with Gasteiger partial charge >= 0.3 is 0 Å². The van der Waals surface area contributed by atoms with Gasteiger partial charge in [-0.25, -0.2) is 0 Å². The van der Waals surface area contributed by atoms with Gasteiger partial charge in [0.25, 0.3) is 0 Å². The van der Waals surface area contributed by atoms with E-state index in [0.717, 1.165) is 0 Å². The molecule has 0 aliphatic heterocycles. The van der Waals surface area contributed by atoms with Gasteiger partial charge in [0.15, 0.2) is 0 Å². The van der Waals surface area contributed by atoms with E-state index in [4.69, 9.17) is 0 Å². The summed E-state index contributed by atoms with van der Waals surface area (Å²) in [5.41, 5.74) is 9.49. The predicted molar refractivity (Wildman–Crippen MR) is 252 cm³/mol. The third-order valence-corrected chi connectivity index (χ3v) is 144. The van der Waals surface area contributed by atoms with Gasteiger partial charge in [-0.3, -0.25) is 0 Å². The fraction of sp³-hybridized carbons (Fsp3) is 0.714. The minimum Gasteiger partial charge on any atom is -0.0690 e. The minimum atomic E-state index is -1.80. The molecule has 0 atom stereocenters. The molecule has 0 spiro atoms. The minimum absolute atomic E-state index is 0.366. The molecule has 282 valence electrons. The van der Waals surface area contributed by atoms with Crippen LogP contribution in [0, 0.1) is 41.5 Å². The molecule has 0 N–H and O–H groups in total. The van der Waals surface area contributed by atoms with Crippen LogP contribution in [0.15, 0.2) is 24.3 Å². The molecule has 0 bridgehead atoms. The fourth-order valence-electron chi connectivity index (χ4n) is 8.21. The first-order valence-electron chi connectivity index (χ1n) is 19.6. The standard InChI is InChI=1S/C42H82Si8/c1-31-27-33(3)37(34(4)28-31)43(45(47(19,20)39(7,8)9)48(21,22)40(10,11)12)44(38-35(5)29-32(2)30-36(38)6)46(49(23,24)41(13,14)15)50(25,26)42(16,17)18/h27-30H,1-26H3. The van der Waals surface area contributed by atoms with E-state index in [-0.39, 0.29) is 0 Å². The Bertz CT molecular complexity index is 1440. The number of aryl methyl sites for hydroxylation is 6. The highest BCUT2D eigenvalue weighted by molar-refractivity contribution is 7.82. The zero-order valence-electron chi connectivity index (χ0n) is 38.3. The van der Waals surface area contributed by atoms with Crippen LogP contribution in [0.4, 0.5) is 0 Å². The van der Waals surface area contributed by atoms with Gasteiger partial charge in [-0.1, -0.05) is 171 Å². The van der Waals surface area contributed by atoms with Crippen LogP contribution in [0.3, 0.4) is 0 Å². The van der Waals surface area contributed by atoms with Crippen LogP contribution in [0.2, 0.25) is 72.5 Å². The van der Waals surface area contributed by atoms with Crippen LogP contribution in [0.1, 0.15) is 116 Å². The summed E-state index contributed by atoms with van der Waals surface area (Å²) in [5.74, 6) is 0. The first kappa shape index (κ1) is 46.3. The maximum absolute atomic E-state index is 2.92. The molecule has 0 unspecified atom stereocenters. The van der Waals surface area contributed by atoms with Crippen molar-refractivity contribution in [2.24, 2.45) is 0 Å². The van der Waals surface area contributed by atoms with E-state index in [1.807, 2.05) is 10.4 Å². The third kappa shape index (κ3) is 8.52. The lowest BCUT2D eigenvalue weighted by molar-refractivity contribution is 0.728. The molecule has 0 aliphatic rings. The summed E-state index contributed by atoms with van der Waals surface area (Å²) in [6.45, 7) is 68.8. The van der Waals surface area contributed by atoms with Crippen LogP contribution in [-0.2, 0) is 0 Å². The highest BCUT2D eigenvalue weighted by Gasteiger charge is 2.55. The molecule has 0 saturated heterocycles. The SMILES string of the molecule is Cc1cc(C)c([Si]([Si](c2c(C)cc(C)cc2C)=[Si]([Si](C)(C)C(C)(C)C)[Si](C)(C)C(C)(C)C)=[Si]([Si](C)(C)C(C)(C)C)[Si](C)(C)C(C)(C)C)c(C)c1. The Balaban J connectivity index is 4.05. The highest BCUT2D eigenvalue weighted by atomic mass is 29.9. The third-order valence-electron chi connectivity index (χ3n) is 14.6. The molecule has 2 aromatic carbocycles. The number of rotatable bonds is 7. The normalized spacial score (nSPS) is 14.2. The van der Waals surface area contributed by atoms with Gasteiger partial charge in [-0.05, 0) is 108 Å². The largest absolute Gasteiger partial charge is 0.0690 e. The molecule has 2 rings (SSSR count). The molecular formula is C42H82Si8. The fourth-order valence-corrected chi connectivity index (χ4v) is 212. The Morgan fingerprint density at radius 3 is 0.640 bits per heavy atom. The molecule has 2 aromatic rings. The summed E-state index contributed by atoms with van der Waals surface area (Å²) in [7, 11) is -9.21. The summed E-state index contributed by atoms with van der Waals surface area (Å²) in [6, 6.07) is 10.5. The number of benzene rings is 2. The van der Waals surface area contributed by atoms with Crippen LogP contribution in [0.5, 0.6) is 0 Å². The zero-order valence-corrected chi connectivity index (χ0v) is 46.3. The van der Waals surface area contributed by atoms with Gasteiger partial charge in [0.2, 0.25) is 0 Å². The van der Waals surface area contributed by atoms with Gasteiger partial charge in [0, 0.05) is 14.8 Å². The summed E-state index contributed by atoms with van der Waals surface area (Å²) in [6.07, 6.45) is 0. The molecule has 8 heteroatoms. The zero-order chi connectivity index (χ0) is 39.8. The molecule has 0 amide bonds. The van der Waals surface area contributed by atoms with Crippen LogP contribution in [-0.4, -0.2) is 59.0 Å². The van der Waals surface area contributed by atoms with Crippen LogP contribution >= 0.6 is 0 Å². The van der Waals surface area contributed by atoms with Crippen molar-refractivity contribution in [1.82, 2.24) is 0 Å². The monoisotopic (exact) mass is 810 g/mol. The number of hydrogen-bond donors (Lipinski definition) is 0. The molecule has 0 heterocycles. The molecule has 0 fully saturated rings. The van der Waals surface area contributed by atoms with E-state index in [1.54, 1.807) is 22.3 Å². The maximum Gasteiger partial charge on any atom is 0.0564 e. The van der Waals surface area contributed by atoms with Gasteiger partial charge in [-0.15, -0.1) is 0 Å². The van der Waals surface area contributed by atoms with E-state index < -0.39 is 59.0 Å². The van der Waals surface area contributed by atoms with Gasteiger partial charge in [0.1, 0.15) is 0 Å². The highest BCUT2D eigenvalue weighted by Crippen LogP contribution is 2.46. The lowest BCUT2D eigenvalue weighted by atomic mass is 10.1. The van der Waals surface area contributed by atoms with Crippen molar-refractivity contribution in [3.8, 4) is 0 Å². The second kappa shape index (κ2) is 14.7. The predicted octanol–water partition coefficient (Wildman–Crippen LogP) is 12.2. The molecule has 0 aromatic heterocycles. The lowest BCUT2D eigenvalue weighted by Gasteiger charge is -2.53. The molecular weight excluding hydrogens is 729 g/mol. The summed E-state index contributed by atoms with van der Waals surface area (Å²) >= 11 is 0. The van der Waals surface area contributed by atoms with Gasteiger partial charge < -0.3 is 0 Å². The van der Waals surface area contributed by atoms with Crippen LogP contribution < -0.4 is 10.4 Å². The van der Waals surface area contributed by atoms with Crippen molar-refractivity contribution in [3.05, 3.63) is 57.6 Å². The molecule has 0 aliphatic carbocycles. The Morgan fingerprint density at radius 1 is 0.340 bits per heavy atom. The topological polar surface area (TPSA) is 0 Å². The quantitative estimate of drug-likeness (QED) is 0.244. The van der Waals surface area contributed by atoms with E-state index in [2.05, 4.69) is 201 Å². The van der Waals surface area contributed by atoms with E-state index in [0.29, 0.717) is 20.2 Å². The van der Waals surface area contributed by atoms with Crippen LogP contribution in [0.25, 0.3) is 0 Å². The molecule has 50 heavy (non-hydrogen) atoms. The number of hydrogen-bond acceptors (Lipinski definition) is 0. The summed E-state index contributed by atoms with van der Waals surface area (Å²) < 4.78 is 0. The van der Waals surface area contributed by atoms with Gasteiger partial charge in [0.05, 0.1) is 30.4 Å². The Kier molecular flexibility index (Phi) is 13.6. The van der Waals surface area contributed by atoms with E-state index in [9.17, 15) is 0 Å². The lowest BCUT2D eigenvalue weighted by Crippen LogP contribution is -2.75. The smallest absolute Gasteiger partial charge is 0.0564 e. The maximum atomic E-state index is 2.92. The average Bonchev–Trinajstić information content (AvgIpc) is 2.83. The Morgan fingerprint density at radius 2 is 0.500 bits per heavy atom. The van der Waals surface area contributed by atoms with Crippen molar-refractivity contribution in [1.29, 1.82) is 0 Å². The van der Waals surface area contributed by atoms with E-state index >= 15 is 0 Å². The Hall–Kier alpha value is 0.175. The summed E-state index contributed by atoms with van der Waals surface area (Å²) in [5, 5.41) is 5.32.